The number of anilines is 1. The molecule has 0 atom stereocenters. The molecule has 0 fully saturated rings. The van der Waals surface area contributed by atoms with Crippen LogP contribution in [-0.2, 0) is 6.54 Å². The molecule has 1 rings (SSSR count). The van der Waals surface area contributed by atoms with E-state index in [9.17, 15) is 0 Å². The summed E-state index contributed by atoms with van der Waals surface area (Å²) >= 11 is 0. The van der Waals surface area contributed by atoms with Crippen molar-refractivity contribution in [2.75, 3.05) is 25.0 Å². The Morgan fingerprint density at radius 2 is 1.89 bits per heavy atom. The molecule has 1 N–H and O–H groups in total. The second-order valence-electron chi connectivity index (χ2n) is 4.40. The van der Waals surface area contributed by atoms with E-state index in [1.165, 1.54) is 11.1 Å². The number of hydrogen-bond donors (Lipinski definition) is 1. The Labute approximate surface area is 110 Å². The lowest BCUT2D eigenvalue weighted by Crippen LogP contribution is -2.27. The van der Waals surface area contributed by atoms with Crippen LogP contribution in [0.5, 0.6) is 0 Å². The summed E-state index contributed by atoms with van der Waals surface area (Å²) in [5.41, 5.74) is 3.55. The van der Waals surface area contributed by atoms with Crippen molar-refractivity contribution in [3.05, 3.63) is 48.2 Å². The number of nitrogens with one attached hydrogen (secondary N) is 1. The van der Waals surface area contributed by atoms with Gasteiger partial charge in [-0.2, -0.15) is 0 Å². The molecule has 0 aliphatic heterocycles. The van der Waals surface area contributed by atoms with Gasteiger partial charge in [0.1, 0.15) is 5.82 Å². The lowest BCUT2D eigenvalue weighted by atomic mass is 10.1. The van der Waals surface area contributed by atoms with Crippen molar-refractivity contribution < 1.29 is 0 Å². The first kappa shape index (κ1) is 14.5. The summed E-state index contributed by atoms with van der Waals surface area (Å²) in [6.07, 6.45) is 3.79. The minimum atomic E-state index is 0.776. The van der Waals surface area contributed by atoms with Crippen LogP contribution in [0.1, 0.15) is 16.8 Å². The largest absolute Gasteiger partial charge is 0.349 e. The summed E-state index contributed by atoms with van der Waals surface area (Å²) in [6, 6.07) is 2.12. The topological polar surface area (TPSA) is 28.2 Å². The van der Waals surface area contributed by atoms with Crippen LogP contribution < -0.4 is 10.2 Å². The van der Waals surface area contributed by atoms with Crippen molar-refractivity contribution in [2.24, 2.45) is 0 Å². The molecule has 3 nitrogen and oxygen atoms in total. The Morgan fingerprint density at radius 3 is 2.39 bits per heavy atom. The van der Waals surface area contributed by atoms with Gasteiger partial charge in [0.2, 0.25) is 0 Å². The second kappa shape index (κ2) is 6.97. The number of hydrogen-bond acceptors (Lipinski definition) is 3. The number of pyridine rings is 1. The maximum atomic E-state index is 4.68. The van der Waals surface area contributed by atoms with Gasteiger partial charge in [0.05, 0.1) is 0 Å². The first-order valence-corrected chi connectivity index (χ1v) is 6.22. The Bertz CT molecular complexity index is 414. The maximum absolute atomic E-state index is 4.68. The minimum Gasteiger partial charge on any atom is -0.349 e. The van der Waals surface area contributed by atoms with E-state index in [0.29, 0.717) is 0 Å². The highest BCUT2D eigenvalue weighted by atomic mass is 15.2. The second-order valence-corrected chi connectivity index (χ2v) is 4.40. The predicted molar refractivity (Wildman–Crippen MR) is 79.1 cm³/mol. The van der Waals surface area contributed by atoms with Crippen molar-refractivity contribution in [3.63, 3.8) is 0 Å². The summed E-state index contributed by atoms with van der Waals surface area (Å²) in [7, 11) is 1.95. The van der Waals surface area contributed by atoms with E-state index in [1.807, 2.05) is 26.1 Å². The zero-order valence-corrected chi connectivity index (χ0v) is 11.7. The third-order valence-corrected chi connectivity index (χ3v) is 2.81. The number of aromatic nitrogens is 1. The summed E-state index contributed by atoms with van der Waals surface area (Å²) in [5, 5.41) is 3.21. The fourth-order valence-electron chi connectivity index (χ4n) is 2.06. The average Bonchev–Trinajstić information content (AvgIpc) is 2.32. The van der Waals surface area contributed by atoms with Gasteiger partial charge in [-0.05, 0) is 32.5 Å². The van der Waals surface area contributed by atoms with Gasteiger partial charge in [-0.25, -0.2) is 4.98 Å². The number of rotatable bonds is 7. The number of aryl methyl sites for hydroxylation is 2. The molecule has 0 unspecified atom stereocenters. The van der Waals surface area contributed by atoms with Crippen molar-refractivity contribution in [3.8, 4) is 0 Å². The van der Waals surface area contributed by atoms with E-state index in [0.717, 1.165) is 31.1 Å². The molecule has 0 radical (unpaired) electrons. The fraction of sp³-hybridized carbons (Fsp3) is 0.400. The standard InChI is InChI=1S/C15H23N3/c1-6-8-18(9-7-2)15-14(11-16-5)12(3)10-13(4)17-15/h6-7,10,16H,1-2,8-9,11H2,3-5H3. The van der Waals surface area contributed by atoms with E-state index in [1.54, 1.807) is 0 Å². The highest BCUT2D eigenvalue weighted by molar-refractivity contribution is 5.52. The van der Waals surface area contributed by atoms with Gasteiger partial charge < -0.3 is 10.2 Å². The number of nitrogens with zero attached hydrogens (tertiary/aromatic N) is 2. The SMILES string of the molecule is C=CCN(CC=C)c1nc(C)cc(C)c1CNC. The molecule has 0 saturated heterocycles. The van der Waals surface area contributed by atoms with Crippen LogP contribution in [0.25, 0.3) is 0 Å². The monoisotopic (exact) mass is 245 g/mol. The van der Waals surface area contributed by atoms with E-state index in [2.05, 4.69) is 41.3 Å². The van der Waals surface area contributed by atoms with Crippen LogP contribution in [0.3, 0.4) is 0 Å². The summed E-state index contributed by atoms with van der Waals surface area (Å²) in [4.78, 5) is 6.87. The Balaban J connectivity index is 3.23. The molecule has 98 valence electrons. The molecule has 0 spiro atoms. The molecule has 0 amide bonds. The van der Waals surface area contributed by atoms with Gasteiger partial charge in [-0.3, -0.25) is 0 Å². The highest BCUT2D eigenvalue weighted by Crippen LogP contribution is 2.22. The van der Waals surface area contributed by atoms with E-state index < -0.39 is 0 Å². The molecule has 18 heavy (non-hydrogen) atoms. The van der Waals surface area contributed by atoms with Crippen molar-refractivity contribution in [2.45, 2.75) is 20.4 Å². The minimum absolute atomic E-state index is 0.776. The zero-order valence-electron chi connectivity index (χ0n) is 11.7. The zero-order chi connectivity index (χ0) is 13.5. The molecule has 0 aromatic carbocycles. The van der Waals surface area contributed by atoms with E-state index in [-0.39, 0.29) is 0 Å². The Hall–Kier alpha value is -1.61. The molecule has 1 aromatic rings. The third kappa shape index (κ3) is 3.44. The van der Waals surface area contributed by atoms with E-state index >= 15 is 0 Å². The first-order chi connectivity index (χ1) is 8.63. The maximum Gasteiger partial charge on any atom is 0.134 e. The van der Waals surface area contributed by atoms with Gasteiger partial charge in [-0.1, -0.05) is 12.2 Å². The molecule has 0 saturated carbocycles. The molecular weight excluding hydrogens is 222 g/mol. The summed E-state index contributed by atoms with van der Waals surface area (Å²) in [5.74, 6) is 1.03. The van der Waals surface area contributed by atoms with Crippen LogP contribution in [0.15, 0.2) is 31.4 Å². The molecule has 0 bridgehead atoms. The van der Waals surface area contributed by atoms with Crippen molar-refractivity contribution in [1.29, 1.82) is 0 Å². The van der Waals surface area contributed by atoms with Crippen LogP contribution in [-0.4, -0.2) is 25.1 Å². The van der Waals surface area contributed by atoms with Gasteiger partial charge in [0.15, 0.2) is 0 Å². The molecule has 0 aliphatic carbocycles. The summed E-state index contributed by atoms with van der Waals surface area (Å²) in [6.45, 7) is 14.1. The van der Waals surface area contributed by atoms with Gasteiger partial charge in [-0.15, -0.1) is 13.2 Å². The lowest BCUT2D eigenvalue weighted by molar-refractivity contribution is 0.790. The molecule has 3 heteroatoms. The van der Waals surface area contributed by atoms with Gasteiger partial charge in [0, 0.05) is 30.9 Å². The van der Waals surface area contributed by atoms with Crippen LogP contribution >= 0.6 is 0 Å². The van der Waals surface area contributed by atoms with Crippen LogP contribution in [0, 0.1) is 13.8 Å². The summed E-state index contributed by atoms with van der Waals surface area (Å²) < 4.78 is 0. The average molecular weight is 245 g/mol. The van der Waals surface area contributed by atoms with Gasteiger partial charge in [0.25, 0.3) is 0 Å². The van der Waals surface area contributed by atoms with E-state index in [4.69, 9.17) is 0 Å². The lowest BCUT2D eigenvalue weighted by Gasteiger charge is -2.25. The van der Waals surface area contributed by atoms with Crippen LogP contribution in [0.4, 0.5) is 5.82 Å². The Kier molecular flexibility index (Phi) is 5.59. The third-order valence-electron chi connectivity index (χ3n) is 2.81. The van der Waals surface area contributed by atoms with Gasteiger partial charge >= 0.3 is 0 Å². The quantitative estimate of drug-likeness (QED) is 0.748. The molecular formula is C15H23N3. The first-order valence-electron chi connectivity index (χ1n) is 6.22. The highest BCUT2D eigenvalue weighted by Gasteiger charge is 2.13. The van der Waals surface area contributed by atoms with Crippen molar-refractivity contribution in [1.82, 2.24) is 10.3 Å². The molecule has 1 aromatic heterocycles. The Morgan fingerprint density at radius 1 is 1.28 bits per heavy atom. The predicted octanol–water partition coefficient (Wildman–Crippen LogP) is 2.60. The van der Waals surface area contributed by atoms with Crippen LogP contribution in [0.2, 0.25) is 0 Å². The normalized spacial score (nSPS) is 10.2. The fourth-order valence-corrected chi connectivity index (χ4v) is 2.06. The van der Waals surface area contributed by atoms with Crippen molar-refractivity contribution >= 4 is 5.82 Å². The smallest absolute Gasteiger partial charge is 0.134 e. The molecule has 0 aliphatic rings. The molecule has 1 heterocycles.